The Hall–Kier alpha value is -2.39. The molecule has 0 radical (unpaired) electrons. The fourth-order valence-corrected chi connectivity index (χ4v) is 4.31. The second kappa shape index (κ2) is 10.6. The molecule has 9 heteroatoms. The SMILES string of the molecule is C[C@H](c1ccccc1)N(C)C(=O)CSc1nnc(CCC(N)=O)n1C[C@@H]1CCCO1. The number of aryl methyl sites for hydroxylation is 1. The predicted octanol–water partition coefficient (Wildman–Crippen LogP) is 2.19. The van der Waals surface area contributed by atoms with Gasteiger partial charge in [-0.05, 0) is 25.3 Å². The molecule has 2 aromatic rings. The van der Waals surface area contributed by atoms with Gasteiger partial charge in [0.1, 0.15) is 5.82 Å². The van der Waals surface area contributed by atoms with Crippen LogP contribution in [-0.2, 0) is 27.3 Å². The van der Waals surface area contributed by atoms with Crippen molar-refractivity contribution in [2.75, 3.05) is 19.4 Å². The summed E-state index contributed by atoms with van der Waals surface area (Å²) in [6, 6.07) is 9.93. The van der Waals surface area contributed by atoms with Crippen LogP contribution >= 0.6 is 11.8 Å². The monoisotopic (exact) mass is 431 g/mol. The van der Waals surface area contributed by atoms with Crippen molar-refractivity contribution in [2.45, 2.75) is 56.5 Å². The lowest BCUT2D eigenvalue weighted by Crippen LogP contribution is -2.31. The van der Waals surface area contributed by atoms with Crippen LogP contribution < -0.4 is 5.73 Å². The third-order valence-electron chi connectivity index (χ3n) is 5.38. The molecule has 0 saturated carbocycles. The average molecular weight is 432 g/mol. The van der Waals surface area contributed by atoms with Gasteiger partial charge >= 0.3 is 0 Å². The van der Waals surface area contributed by atoms with E-state index in [-0.39, 0.29) is 36.1 Å². The van der Waals surface area contributed by atoms with Gasteiger partial charge in [-0.2, -0.15) is 0 Å². The van der Waals surface area contributed by atoms with Crippen LogP contribution in [0.15, 0.2) is 35.5 Å². The lowest BCUT2D eigenvalue weighted by Gasteiger charge is -2.25. The maximum atomic E-state index is 12.8. The van der Waals surface area contributed by atoms with E-state index in [1.807, 2.05) is 48.9 Å². The van der Waals surface area contributed by atoms with E-state index in [1.165, 1.54) is 11.8 Å². The molecule has 1 aliphatic heterocycles. The van der Waals surface area contributed by atoms with E-state index in [0.717, 1.165) is 25.0 Å². The minimum Gasteiger partial charge on any atom is -0.376 e. The number of rotatable bonds is 10. The molecule has 1 aliphatic rings. The van der Waals surface area contributed by atoms with Crippen molar-refractivity contribution in [1.82, 2.24) is 19.7 Å². The fourth-order valence-electron chi connectivity index (χ4n) is 3.42. The van der Waals surface area contributed by atoms with Gasteiger partial charge in [0.2, 0.25) is 11.8 Å². The fraction of sp³-hybridized carbons (Fsp3) is 0.524. The first-order valence-electron chi connectivity index (χ1n) is 10.2. The van der Waals surface area contributed by atoms with Crippen LogP contribution in [0.4, 0.5) is 0 Å². The number of nitrogens with two attached hydrogens (primary N) is 1. The zero-order chi connectivity index (χ0) is 21.5. The molecular formula is C21H29N5O3S. The maximum absolute atomic E-state index is 12.8. The molecule has 0 aliphatic carbocycles. The minimum absolute atomic E-state index is 0.0155. The van der Waals surface area contributed by atoms with Gasteiger partial charge in [0, 0.05) is 26.5 Å². The average Bonchev–Trinajstić information content (AvgIpc) is 3.40. The summed E-state index contributed by atoms with van der Waals surface area (Å²) in [5.41, 5.74) is 6.38. The summed E-state index contributed by atoms with van der Waals surface area (Å²) >= 11 is 1.36. The van der Waals surface area contributed by atoms with Gasteiger partial charge in [0.15, 0.2) is 5.16 Å². The van der Waals surface area contributed by atoms with Crippen molar-refractivity contribution in [3.05, 3.63) is 41.7 Å². The van der Waals surface area contributed by atoms with Gasteiger partial charge in [-0.1, -0.05) is 42.1 Å². The number of hydrogen-bond acceptors (Lipinski definition) is 6. The van der Waals surface area contributed by atoms with E-state index in [9.17, 15) is 9.59 Å². The number of aromatic nitrogens is 3. The number of amides is 2. The lowest BCUT2D eigenvalue weighted by atomic mass is 10.1. The van der Waals surface area contributed by atoms with Crippen LogP contribution in [0.3, 0.4) is 0 Å². The van der Waals surface area contributed by atoms with E-state index in [4.69, 9.17) is 10.5 Å². The molecule has 0 bridgehead atoms. The van der Waals surface area contributed by atoms with Crippen LogP contribution in [0.1, 0.15) is 43.6 Å². The standard InChI is InChI=1S/C21H29N5O3S/c1-15(16-7-4-3-5-8-16)25(2)20(28)14-30-21-24-23-19(11-10-18(22)27)26(21)13-17-9-6-12-29-17/h3-5,7-8,15,17H,6,9-14H2,1-2H3,(H2,22,27)/t15-,17+/m1/s1. The number of hydrogen-bond donors (Lipinski definition) is 1. The molecular weight excluding hydrogens is 402 g/mol. The van der Waals surface area contributed by atoms with Gasteiger partial charge in [-0.3, -0.25) is 9.59 Å². The van der Waals surface area contributed by atoms with Gasteiger partial charge in [0.05, 0.1) is 24.4 Å². The molecule has 30 heavy (non-hydrogen) atoms. The summed E-state index contributed by atoms with van der Waals surface area (Å²) in [4.78, 5) is 25.7. The lowest BCUT2D eigenvalue weighted by molar-refractivity contribution is -0.129. The Bertz CT molecular complexity index is 852. The number of carbonyl (C=O) groups is 2. The molecule has 0 unspecified atom stereocenters. The summed E-state index contributed by atoms with van der Waals surface area (Å²) in [5.74, 6) is 0.599. The molecule has 1 aromatic heterocycles. The van der Waals surface area contributed by atoms with E-state index in [1.54, 1.807) is 4.90 Å². The van der Waals surface area contributed by atoms with Crippen LogP contribution in [0.5, 0.6) is 0 Å². The molecule has 2 heterocycles. The Morgan fingerprint density at radius 2 is 2.10 bits per heavy atom. The highest BCUT2D eigenvalue weighted by atomic mass is 32.2. The highest BCUT2D eigenvalue weighted by Gasteiger charge is 2.23. The van der Waals surface area contributed by atoms with Crippen molar-refractivity contribution >= 4 is 23.6 Å². The highest BCUT2D eigenvalue weighted by molar-refractivity contribution is 7.99. The van der Waals surface area contributed by atoms with Gasteiger partial charge in [-0.15, -0.1) is 10.2 Å². The quantitative estimate of drug-likeness (QED) is 0.579. The summed E-state index contributed by atoms with van der Waals surface area (Å²) in [6.45, 7) is 3.39. The van der Waals surface area contributed by atoms with Crippen molar-refractivity contribution in [1.29, 1.82) is 0 Å². The molecule has 1 fully saturated rings. The first kappa shape index (κ1) is 22.3. The molecule has 1 aromatic carbocycles. The van der Waals surface area contributed by atoms with Crippen molar-refractivity contribution in [2.24, 2.45) is 5.73 Å². The molecule has 8 nitrogen and oxygen atoms in total. The Kier molecular flexibility index (Phi) is 7.87. The summed E-state index contributed by atoms with van der Waals surface area (Å²) in [7, 11) is 1.82. The molecule has 2 amide bonds. The Balaban J connectivity index is 1.65. The number of ether oxygens (including phenoxy) is 1. The first-order valence-corrected chi connectivity index (χ1v) is 11.2. The van der Waals surface area contributed by atoms with Crippen molar-refractivity contribution in [3.63, 3.8) is 0 Å². The third kappa shape index (κ3) is 5.82. The van der Waals surface area contributed by atoms with Crippen molar-refractivity contribution in [3.8, 4) is 0 Å². The van der Waals surface area contributed by atoms with E-state index >= 15 is 0 Å². The maximum Gasteiger partial charge on any atom is 0.233 e. The normalized spacial score (nSPS) is 17.1. The molecule has 3 rings (SSSR count). The highest BCUT2D eigenvalue weighted by Crippen LogP contribution is 2.24. The number of benzene rings is 1. The Morgan fingerprint density at radius 3 is 2.77 bits per heavy atom. The van der Waals surface area contributed by atoms with E-state index in [2.05, 4.69) is 10.2 Å². The summed E-state index contributed by atoms with van der Waals surface area (Å²) in [6.07, 6.45) is 2.75. The van der Waals surface area contributed by atoms with Gasteiger partial charge < -0.3 is 19.9 Å². The topological polar surface area (TPSA) is 103 Å². The van der Waals surface area contributed by atoms with Crippen LogP contribution in [0, 0.1) is 0 Å². The Labute approximate surface area is 181 Å². The number of primary amides is 1. The largest absolute Gasteiger partial charge is 0.376 e. The number of nitrogens with zero attached hydrogens (tertiary/aromatic N) is 4. The molecule has 2 atom stereocenters. The van der Waals surface area contributed by atoms with E-state index in [0.29, 0.717) is 23.9 Å². The van der Waals surface area contributed by atoms with Crippen LogP contribution in [0.25, 0.3) is 0 Å². The number of thioether (sulfide) groups is 1. The smallest absolute Gasteiger partial charge is 0.233 e. The van der Waals surface area contributed by atoms with Crippen LogP contribution in [-0.4, -0.2) is 57.0 Å². The first-order chi connectivity index (χ1) is 14.5. The molecule has 0 spiro atoms. The van der Waals surface area contributed by atoms with Gasteiger partial charge in [-0.25, -0.2) is 0 Å². The van der Waals surface area contributed by atoms with Crippen LogP contribution in [0.2, 0.25) is 0 Å². The van der Waals surface area contributed by atoms with E-state index < -0.39 is 0 Å². The Morgan fingerprint density at radius 1 is 1.33 bits per heavy atom. The molecule has 1 saturated heterocycles. The minimum atomic E-state index is -0.373. The number of carbonyl (C=O) groups excluding carboxylic acids is 2. The van der Waals surface area contributed by atoms with Gasteiger partial charge in [0.25, 0.3) is 0 Å². The zero-order valence-electron chi connectivity index (χ0n) is 17.5. The van der Waals surface area contributed by atoms with Crippen molar-refractivity contribution < 1.29 is 14.3 Å². The zero-order valence-corrected chi connectivity index (χ0v) is 18.3. The molecule has 162 valence electrons. The second-order valence-electron chi connectivity index (χ2n) is 7.49. The predicted molar refractivity (Wildman–Crippen MR) is 115 cm³/mol. The second-order valence-corrected chi connectivity index (χ2v) is 8.43. The third-order valence-corrected chi connectivity index (χ3v) is 6.33. The molecule has 2 N–H and O–H groups in total. The summed E-state index contributed by atoms with van der Waals surface area (Å²) in [5, 5.41) is 9.17. The summed E-state index contributed by atoms with van der Waals surface area (Å²) < 4.78 is 7.72.